The Morgan fingerprint density at radius 2 is 2.00 bits per heavy atom. The molecule has 1 aromatic rings. The van der Waals surface area contributed by atoms with Crippen molar-refractivity contribution < 1.29 is 8.42 Å². The molecule has 0 amide bonds. The lowest BCUT2D eigenvalue weighted by Crippen LogP contribution is -2.39. The Morgan fingerprint density at radius 1 is 1.35 bits per heavy atom. The molecule has 1 rings (SSSR count). The van der Waals surface area contributed by atoms with E-state index in [2.05, 4.69) is 10.0 Å². The predicted molar refractivity (Wildman–Crippen MR) is 82.6 cm³/mol. The largest absolute Gasteiger partial charge is 0.316 e. The zero-order chi connectivity index (χ0) is 15.3. The lowest BCUT2D eigenvalue weighted by atomic mass is 10.2. The standard InChI is InChI=1S/C13H22ClN3O2S/c1-10(9-17(3)4)16-20(18,19)13-7-11(8-15-2)5-6-12(13)14/h5-7,10,15-16H,8-9H2,1-4H3. The third kappa shape index (κ3) is 5.03. The fraction of sp³-hybridized carbons (Fsp3) is 0.538. The minimum atomic E-state index is -3.61. The van der Waals surface area contributed by atoms with Crippen LogP contribution in [0.4, 0.5) is 0 Å². The maximum absolute atomic E-state index is 12.4. The summed E-state index contributed by atoms with van der Waals surface area (Å²) in [6.45, 7) is 3.03. The van der Waals surface area contributed by atoms with E-state index >= 15 is 0 Å². The summed E-state index contributed by atoms with van der Waals surface area (Å²) >= 11 is 6.02. The van der Waals surface area contributed by atoms with Crippen LogP contribution < -0.4 is 10.0 Å². The SMILES string of the molecule is CNCc1ccc(Cl)c(S(=O)(=O)NC(C)CN(C)C)c1. The Kier molecular flexibility index (Phi) is 6.42. The number of likely N-dealkylation sites (N-methyl/N-ethyl adjacent to an activating group) is 1. The van der Waals surface area contributed by atoms with Crippen LogP contribution in [0, 0.1) is 0 Å². The van der Waals surface area contributed by atoms with E-state index in [4.69, 9.17) is 11.6 Å². The number of nitrogens with one attached hydrogen (secondary N) is 2. The fourth-order valence-electron chi connectivity index (χ4n) is 1.98. The van der Waals surface area contributed by atoms with Gasteiger partial charge in [0.25, 0.3) is 0 Å². The van der Waals surface area contributed by atoms with Crippen LogP contribution in [0.3, 0.4) is 0 Å². The number of hydrogen-bond donors (Lipinski definition) is 2. The molecule has 0 saturated carbocycles. The van der Waals surface area contributed by atoms with E-state index in [0.29, 0.717) is 13.1 Å². The van der Waals surface area contributed by atoms with Crippen molar-refractivity contribution in [3.8, 4) is 0 Å². The first kappa shape index (κ1) is 17.4. The summed E-state index contributed by atoms with van der Waals surface area (Å²) in [6.07, 6.45) is 0. The highest BCUT2D eigenvalue weighted by Crippen LogP contribution is 2.22. The number of rotatable bonds is 7. The van der Waals surface area contributed by atoms with Gasteiger partial charge >= 0.3 is 0 Å². The van der Waals surface area contributed by atoms with E-state index < -0.39 is 10.0 Å². The van der Waals surface area contributed by atoms with E-state index in [0.717, 1.165) is 5.56 Å². The Hall–Kier alpha value is -0.660. The molecule has 20 heavy (non-hydrogen) atoms. The first-order valence-electron chi connectivity index (χ1n) is 6.36. The molecule has 114 valence electrons. The summed E-state index contributed by atoms with van der Waals surface area (Å²) < 4.78 is 27.4. The van der Waals surface area contributed by atoms with Crippen LogP contribution in [-0.4, -0.2) is 47.0 Å². The molecule has 0 heterocycles. The number of hydrogen-bond acceptors (Lipinski definition) is 4. The molecule has 2 N–H and O–H groups in total. The first-order valence-corrected chi connectivity index (χ1v) is 8.22. The quantitative estimate of drug-likeness (QED) is 0.795. The van der Waals surface area contributed by atoms with Gasteiger partial charge in [0.05, 0.1) is 5.02 Å². The Balaban J connectivity index is 2.99. The maximum atomic E-state index is 12.4. The third-order valence-electron chi connectivity index (χ3n) is 2.66. The fourth-order valence-corrected chi connectivity index (χ4v) is 3.77. The van der Waals surface area contributed by atoms with E-state index in [1.54, 1.807) is 25.2 Å². The zero-order valence-corrected chi connectivity index (χ0v) is 13.8. The summed E-state index contributed by atoms with van der Waals surface area (Å²) in [5, 5.41) is 3.21. The van der Waals surface area contributed by atoms with Gasteiger partial charge in [0.2, 0.25) is 10.0 Å². The van der Waals surface area contributed by atoms with Gasteiger partial charge in [-0.3, -0.25) is 0 Å². The molecule has 5 nitrogen and oxygen atoms in total. The third-order valence-corrected chi connectivity index (χ3v) is 4.73. The van der Waals surface area contributed by atoms with Crippen LogP contribution in [0.25, 0.3) is 0 Å². The van der Waals surface area contributed by atoms with Gasteiger partial charge in [0.15, 0.2) is 0 Å². The van der Waals surface area contributed by atoms with E-state index in [9.17, 15) is 8.42 Å². The topological polar surface area (TPSA) is 61.4 Å². The molecule has 0 saturated heterocycles. The molecule has 0 aromatic heterocycles. The minimum absolute atomic E-state index is 0.123. The van der Waals surface area contributed by atoms with Crippen LogP contribution in [0.15, 0.2) is 23.1 Å². The van der Waals surface area contributed by atoms with Gasteiger partial charge in [-0.2, -0.15) is 0 Å². The molecular weight excluding hydrogens is 298 g/mol. The zero-order valence-electron chi connectivity index (χ0n) is 12.3. The van der Waals surface area contributed by atoms with Crippen molar-refractivity contribution in [3.63, 3.8) is 0 Å². The Labute approximate surface area is 126 Å². The second kappa shape index (κ2) is 7.38. The van der Waals surface area contributed by atoms with Gasteiger partial charge in [-0.1, -0.05) is 17.7 Å². The number of benzene rings is 1. The summed E-state index contributed by atoms with van der Waals surface area (Å²) in [7, 11) is 1.98. The molecule has 1 aromatic carbocycles. The first-order chi connectivity index (χ1) is 9.26. The summed E-state index contributed by atoms with van der Waals surface area (Å²) in [5.41, 5.74) is 0.873. The monoisotopic (exact) mass is 319 g/mol. The van der Waals surface area contributed by atoms with Crippen LogP contribution >= 0.6 is 11.6 Å². The highest BCUT2D eigenvalue weighted by molar-refractivity contribution is 7.89. The van der Waals surface area contributed by atoms with Gasteiger partial charge in [-0.05, 0) is 45.8 Å². The Bertz CT molecular complexity index is 547. The second-order valence-corrected chi connectivity index (χ2v) is 7.17. The smallest absolute Gasteiger partial charge is 0.242 e. The van der Waals surface area contributed by atoms with E-state index in [1.807, 2.05) is 25.9 Å². The highest BCUT2D eigenvalue weighted by Gasteiger charge is 2.21. The van der Waals surface area contributed by atoms with Crippen molar-refractivity contribution in [2.24, 2.45) is 0 Å². The summed E-state index contributed by atoms with van der Waals surface area (Å²) in [4.78, 5) is 2.05. The molecule has 0 aliphatic heterocycles. The van der Waals surface area contributed by atoms with Gasteiger partial charge < -0.3 is 10.2 Å². The highest BCUT2D eigenvalue weighted by atomic mass is 35.5. The van der Waals surface area contributed by atoms with Crippen LogP contribution in [0.5, 0.6) is 0 Å². The molecule has 0 aliphatic carbocycles. The van der Waals surface area contributed by atoms with Gasteiger partial charge in [-0.15, -0.1) is 0 Å². The van der Waals surface area contributed by atoms with Crippen molar-refractivity contribution in [1.29, 1.82) is 0 Å². The molecular formula is C13H22ClN3O2S. The van der Waals surface area contributed by atoms with Gasteiger partial charge in [0.1, 0.15) is 4.90 Å². The lowest BCUT2D eigenvalue weighted by molar-refractivity contribution is 0.370. The average Bonchev–Trinajstić information content (AvgIpc) is 2.29. The molecule has 0 aliphatic rings. The van der Waals surface area contributed by atoms with Crippen molar-refractivity contribution in [1.82, 2.24) is 14.9 Å². The second-order valence-electron chi connectivity index (χ2n) is 5.08. The van der Waals surface area contributed by atoms with Gasteiger partial charge in [-0.25, -0.2) is 13.1 Å². The maximum Gasteiger partial charge on any atom is 0.242 e. The summed E-state index contributed by atoms with van der Waals surface area (Å²) in [5.74, 6) is 0. The van der Waals surface area contributed by atoms with E-state index in [1.165, 1.54) is 0 Å². The Morgan fingerprint density at radius 3 is 2.55 bits per heavy atom. The molecule has 7 heteroatoms. The van der Waals surface area contributed by atoms with Crippen molar-refractivity contribution in [3.05, 3.63) is 28.8 Å². The van der Waals surface area contributed by atoms with Crippen LogP contribution in [0.1, 0.15) is 12.5 Å². The average molecular weight is 320 g/mol. The van der Waals surface area contributed by atoms with E-state index in [-0.39, 0.29) is 16.0 Å². The molecule has 0 spiro atoms. The molecule has 1 atom stereocenters. The summed E-state index contributed by atoms with van der Waals surface area (Å²) in [6, 6.07) is 4.82. The molecule has 0 radical (unpaired) electrons. The predicted octanol–water partition coefficient (Wildman–Crippen LogP) is 1.29. The van der Waals surface area contributed by atoms with Crippen molar-refractivity contribution >= 4 is 21.6 Å². The molecule has 0 bridgehead atoms. The number of halogens is 1. The van der Waals surface area contributed by atoms with Crippen LogP contribution in [0.2, 0.25) is 5.02 Å². The minimum Gasteiger partial charge on any atom is -0.316 e. The van der Waals surface area contributed by atoms with Crippen molar-refractivity contribution in [2.45, 2.75) is 24.4 Å². The molecule has 0 fully saturated rings. The lowest BCUT2D eigenvalue weighted by Gasteiger charge is -2.19. The van der Waals surface area contributed by atoms with Crippen LogP contribution in [-0.2, 0) is 16.6 Å². The normalized spacial score (nSPS) is 13.7. The number of sulfonamides is 1. The van der Waals surface area contributed by atoms with Crippen molar-refractivity contribution in [2.75, 3.05) is 27.7 Å². The molecule has 1 unspecified atom stereocenters. The van der Waals surface area contributed by atoms with Gasteiger partial charge in [0, 0.05) is 19.1 Å². The number of nitrogens with zero attached hydrogens (tertiary/aromatic N) is 1.